The molecule has 0 aromatic heterocycles. The van der Waals surface area contributed by atoms with Crippen molar-refractivity contribution < 1.29 is 19.1 Å². The largest absolute Gasteiger partial charge is 0.490 e. The van der Waals surface area contributed by atoms with Crippen molar-refractivity contribution in [2.75, 3.05) is 6.61 Å². The zero-order valence-electron chi connectivity index (χ0n) is 10.9. The van der Waals surface area contributed by atoms with E-state index in [1.54, 1.807) is 32.9 Å². The molecular formula is C13H19NO4. The van der Waals surface area contributed by atoms with Crippen molar-refractivity contribution in [2.24, 2.45) is 5.90 Å². The molecule has 0 aliphatic carbocycles. The SMILES string of the molecule is CC(C)(C)OC(=O)C(COc1ccccc1)ON. The molecule has 5 heteroatoms. The number of nitrogens with two attached hydrogens (primary N) is 1. The summed E-state index contributed by atoms with van der Waals surface area (Å²) in [6.45, 7) is 5.33. The Morgan fingerprint density at radius 1 is 1.28 bits per heavy atom. The van der Waals surface area contributed by atoms with Crippen LogP contribution in [0.2, 0.25) is 0 Å². The lowest BCUT2D eigenvalue weighted by atomic mass is 10.2. The fraction of sp³-hybridized carbons (Fsp3) is 0.462. The van der Waals surface area contributed by atoms with Gasteiger partial charge in [0.25, 0.3) is 0 Å². The second-order valence-electron chi connectivity index (χ2n) is 4.78. The number of benzene rings is 1. The van der Waals surface area contributed by atoms with Gasteiger partial charge in [0.1, 0.15) is 18.0 Å². The van der Waals surface area contributed by atoms with Crippen molar-refractivity contribution in [3.05, 3.63) is 30.3 Å². The van der Waals surface area contributed by atoms with Gasteiger partial charge in [-0.05, 0) is 32.9 Å². The summed E-state index contributed by atoms with van der Waals surface area (Å²) >= 11 is 0. The lowest BCUT2D eigenvalue weighted by molar-refractivity contribution is -0.170. The van der Waals surface area contributed by atoms with Gasteiger partial charge >= 0.3 is 5.97 Å². The van der Waals surface area contributed by atoms with Crippen LogP contribution in [0.4, 0.5) is 0 Å². The smallest absolute Gasteiger partial charge is 0.341 e. The van der Waals surface area contributed by atoms with E-state index in [4.69, 9.17) is 15.4 Å². The second-order valence-corrected chi connectivity index (χ2v) is 4.78. The van der Waals surface area contributed by atoms with Crippen molar-refractivity contribution in [3.8, 4) is 5.75 Å². The first kappa shape index (κ1) is 14.5. The first-order valence-corrected chi connectivity index (χ1v) is 5.68. The average Bonchev–Trinajstić information content (AvgIpc) is 2.29. The van der Waals surface area contributed by atoms with E-state index in [-0.39, 0.29) is 6.61 Å². The first-order valence-electron chi connectivity index (χ1n) is 5.68. The third-order valence-electron chi connectivity index (χ3n) is 1.98. The number of para-hydroxylation sites is 1. The number of ether oxygens (including phenoxy) is 2. The van der Waals surface area contributed by atoms with E-state index in [9.17, 15) is 4.79 Å². The van der Waals surface area contributed by atoms with Gasteiger partial charge in [-0.2, -0.15) is 0 Å². The van der Waals surface area contributed by atoms with Gasteiger partial charge in [-0.15, -0.1) is 0 Å². The molecule has 0 spiro atoms. The molecule has 0 saturated heterocycles. The Bertz CT molecular complexity index is 372. The predicted molar refractivity (Wildman–Crippen MR) is 66.8 cm³/mol. The highest BCUT2D eigenvalue weighted by Gasteiger charge is 2.26. The molecule has 1 aromatic rings. The normalized spacial score (nSPS) is 12.9. The van der Waals surface area contributed by atoms with Crippen LogP contribution < -0.4 is 10.6 Å². The van der Waals surface area contributed by atoms with Gasteiger partial charge in [0.15, 0.2) is 0 Å². The van der Waals surface area contributed by atoms with Crippen molar-refractivity contribution in [2.45, 2.75) is 32.5 Å². The molecule has 1 rings (SSSR count). The van der Waals surface area contributed by atoms with Crippen LogP contribution in [0.25, 0.3) is 0 Å². The minimum absolute atomic E-state index is 0.00935. The first-order chi connectivity index (χ1) is 8.42. The highest BCUT2D eigenvalue weighted by atomic mass is 16.7. The maximum atomic E-state index is 11.7. The summed E-state index contributed by atoms with van der Waals surface area (Å²) in [6.07, 6.45) is -0.940. The van der Waals surface area contributed by atoms with E-state index in [2.05, 4.69) is 4.84 Å². The van der Waals surface area contributed by atoms with Crippen LogP contribution in [0.1, 0.15) is 20.8 Å². The summed E-state index contributed by atoms with van der Waals surface area (Å²) in [4.78, 5) is 16.3. The highest BCUT2D eigenvalue weighted by molar-refractivity contribution is 5.75. The molecule has 1 aromatic carbocycles. The number of rotatable bonds is 5. The summed E-state index contributed by atoms with van der Waals surface area (Å²) in [5, 5.41) is 0. The molecule has 0 amide bonds. The molecule has 18 heavy (non-hydrogen) atoms. The van der Waals surface area contributed by atoms with Gasteiger partial charge in [-0.25, -0.2) is 10.7 Å². The van der Waals surface area contributed by atoms with E-state index in [0.717, 1.165) is 0 Å². The van der Waals surface area contributed by atoms with Gasteiger partial charge in [-0.1, -0.05) is 18.2 Å². The molecular weight excluding hydrogens is 234 g/mol. The fourth-order valence-corrected chi connectivity index (χ4v) is 1.22. The van der Waals surface area contributed by atoms with Crippen molar-refractivity contribution in [1.82, 2.24) is 0 Å². The maximum absolute atomic E-state index is 11.7. The van der Waals surface area contributed by atoms with E-state index < -0.39 is 17.7 Å². The predicted octanol–water partition coefficient (Wildman–Crippen LogP) is 1.67. The number of esters is 1. The number of hydrogen-bond donors (Lipinski definition) is 1. The number of hydrogen-bond acceptors (Lipinski definition) is 5. The van der Waals surface area contributed by atoms with E-state index in [1.807, 2.05) is 18.2 Å². The number of carbonyl (C=O) groups excluding carboxylic acids is 1. The fourth-order valence-electron chi connectivity index (χ4n) is 1.22. The Morgan fingerprint density at radius 3 is 2.39 bits per heavy atom. The Labute approximate surface area is 107 Å². The zero-order valence-corrected chi connectivity index (χ0v) is 10.9. The van der Waals surface area contributed by atoms with Gasteiger partial charge in [0.05, 0.1) is 0 Å². The van der Waals surface area contributed by atoms with Crippen LogP contribution in [-0.4, -0.2) is 24.3 Å². The minimum atomic E-state index is -0.940. The molecule has 0 radical (unpaired) electrons. The number of carbonyl (C=O) groups is 1. The lowest BCUT2D eigenvalue weighted by Crippen LogP contribution is -2.38. The Kier molecular flexibility index (Phi) is 5.12. The van der Waals surface area contributed by atoms with Gasteiger partial charge in [0.2, 0.25) is 6.10 Å². The molecule has 2 N–H and O–H groups in total. The van der Waals surface area contributed by atoms with Crippen LogP contribution in [0.3, 0.4) is 0 Å². The standard InChI is InChI=1S/C13H19NO4/c1-13(2,3)17-12(15)11(18-14)9-16-10-7-5-4-6-8-10/h4-8,11H,9,14H2,1-3H3. The highest BCUT2D eigenvalue weighted by Crippen LogP contribution is 2.12. The Morgan fingerprint density at radius 2 is 1.89 bits per heavy atom. The summed E-state index contributed by atoms with van der Waals surface area (Å²) in [7, 11) is 0. The van der Waals surface area contributed by atoms with Crippen LogP contribution in [0, 0.1) is 0 Å². The van der Waals surface area contributed by atoms with Gasteiger partial charge in [0, 0.05) is 0 Å². The molecule has 0 heterocycles. The zero-order chi connectivity index (χ0) is 13.6. The van der Waals surface area contributed by atoms with Crippen molar-refractivity contribution in [1.29, 1.82) is 0 Å². The summed E-state index contributed by atoms with van der Waals surface area (Å²) in [5.74, 6) is 5.18. The van der Waals surface area contributed by atoms with E-state index >= 15 is 0 Å². The monoisotopic (exact) mass is 253 g/mol. The van der Waals surface area contributed by atoms with Crippen LogP contribution in [0.15, 0.2) is 30.3 Å². The summed E-state index contributed by atoms with van der Waals surface area (Å²) < 4.78 is 10.5. The second kappa shape index (κ2) is 6.37. The van der Waals surface area contributed by atoms with Crippen molar-refractivity contribution in [3.63, 3.8) is 0 Å². The van der Waals surface area contributed by atoms with Crippen LogP contribution in [-0.2, 0) is 14.4 Å². The molecule has 0 saturated carbocycles. The Hall–Kier alpha value is -1.59. The van der Waals surface area contributed by atoms with Gasteiger partial charge < -0.3 is 9.47 Å². The molecule has 100 valence electrons. The maximum Gasteiger partial charge on any atom is 0.341 e. The van der Waals surface area contributed by atoms with E-state index in [0.29, 0.717) is 5.75 Å². The topological polar surface area (TPSA) is 70.8 Å². The molecule has 5 nitrogen and oxygen atoms in total. The molecule has 0 bridgehead atoms. The van der Waals surface area contributed by atoms with Crippen LogP contribution >= 0.6 is 0 Å². The molecule has 0 aliphatic rings. The molecule has 0 fully saturated rings. The quantitative estimate of drug-likeness (QED) is 0.638. The minimum Gasteiger partial charge on any atom is -0.490 e. The molecule has 1 unspecified atom stereocenters. The Balaban J connectivity index is 2.50. The molecule has 1 atom stereocenters. The third kappa shape index (κ3) is 5.16. The third-order valence-corrected chi connectivity index (χ3v) is 1.98. The van der Waals surface area contributed by atoms with Crippen molar-refractivity contribution >= 4 is 5.97 Å². The lowest BCUT2D eigenvalue weighted by Gasteiger charge is -2.22. The summed E-state index contributed by atoms with van der Waals surface area (Å²) in [6, 6.07) is 9.10. The summed E-state index contributed by atoms with van der Waals surface area (Å²) in [5.41, 5.74) is -0.583. The average molecular weight is 253 g/mol. The van der Waals surface area contributed by atoms with Crippen LogP contribution in [0.5, 0.6) is 5.75 Å². The van der Waals surface area contributed by atoms with Gasteiger partial charge in [-0.3, -0.25) is 4.84 Å². The molecule has 0 aliphatic heterocycles. The van der Waals surface area contributed by atoms with E-state index in [1.165, 1.54) is 0 Å².